The first-order chi connectivity index (χ1) is 10.1. The maximum absolute atomic E-state index is 13.2. The Morgan fingerprint density at radius 3 is 2.95 bits per heavy atom. The molecule has 0 spiro atoms. The summed E-state index contributed by atoms with van der Waals surface area (Å²) in [5.74, 6) is -0.927. The number of carbonyl (C=O) groups is 1. The van der Waals surface area contributed by atoms with Gasteiger partial charge in [-0.1, -0.05) is 11.6 Å². The number of fused-ring (bicyclic) bond motifs is 1. The molecule has 21 heavy (non-hydrogen) atoms. The Bertz CT molecular complexity index is 849. The average Bonchev–Trinajstić information content (AvgIpc) is 2.81. The minimum Gasteiger partial charge on any atom is -0.397 e. The van der Waals surface area contributed by atoms with Gasteiger partial charge in [0.25, 0.3) is 5.91 Å². The minimum atomic E-state index is -0.485. The van der Waals surface area contributed by atoms with Crippen molar-refractivity contribution < 1.29 is 9.18 Å². The molecule has 0 fully saturated rings. The van der Waals surface area contributed by atoms with Gasteiger partial charge in [0.15, 0.2) is 0 Å². The highest BCUT2D eigenvalue weighted by Gasteiger charge is 2.18. The minimum absolute atomic E-state index is 0.200. The van der Waals surface area contributed by atoms with Crippen molar-refractivity contribution in [2.75, 3.05) is 11.1 Å². The van der Waals surface area contributed by atoms with E-state index in [9.17, 15) is 9.18 Å². The number of nitrogens with zero attached hydrogens (tertiary/aromatic N) is 1. The maximum Gasteiger partial charge on any atom is 0.267 e. The first-order valence-corrected chi connectivity index (χ1v) is 7.15. The smallest absolute Gasteiger partial charge is 0.267 e. The van der Waals surface area contributed by atoms with E-state index in [4.69, 9.17) is 17.3 Å². The third kappa shape index (κ3) is 2.55. The van der Waals surface area contributed by atoms with Gasteiger partial charge in [0.05, 0.1) is 16.4 Å². The van der Waals surface area contributed by atoms with Crippen molar-refractivity contribution in [2.24, 2.45) is 0 Å². The number of amides is 1. The largest absolute Gasteiger partial charge is 0.397 e. The lowest BCUT2D eigenvalue weighted by Crippen LogP contribution is -2.12. The van der Waals surface area contributed by atoms with E-state index in [0.29, 0.717) is 15.4 Å². The van der Waals surface area contributed by atoms with Gasteiger partial charge >= 0.3 is 0 Å². The number of halogens is 2. The fourth-order valence-electron chi connectivity index (χ4n) is 1.89. The molecule has 1 aromatic carbocycles. The molecular weight excluding hydrogens is 313 g/mol. The van der Waals surface area contributed by atoms with Gasteiger partial charge in [-0.05, 0) is 30.3 Å². The van der Waals surface area contributed by atoms with Gasteiger partial charge in [0, 0.05) is 11.6 Å². The summed E-state index contributed by atoms with van der Waals surface area (Å²) in [4.78, 5) is 17.4. The van der Waals surface area contributed by atoms with Crippen LogP contribution in [0.3, 0.4) is 0 Å². The van der Waals surface area contributed by atoms with Crippen LogP contribution in [0.1, 0.15) is 9.67 Å². The van der Waals surface area contributed by atoms with Gasteiger partial charge in [-0.2, -0.15) is 0 Å². The van der Waals surface area contributed by atoms with E-state index in [2.05, 4.69) is 10.3 Å². The second-order valence-electron chi connectivity index (χ2n) is 4.28. The predicted octanol–water partition coefficient (Wildman–Crippen LogP) is 3.92. The lowest BCUT2D eigenvalue weighted by atomic mass is 10.2. The van der Waals surface area contributed by atoms with Gasteiger partial charge < -0.3 is 11.1 Å². The third-order valence-corrected chi connectivity index (χ3v) is 4.35. The molecule has 0 bridgehead atoms. The highest BCUT2D eigenvalue weighted by Crippen LogP contribution is 2.33. The molecule has 1 amide bonds. The zero-order valence-corrected chi connectivity index (χ0v) is 12.1. The number of anilines is 2. The summed E-state index contributed by atoms with van der Waals surface area (Å²) in [7, 11) is 0. The molecule has 0 atom stereocenters. The van der Waals surface area contributed by atoms with Gasteiger partial charge in [0.2, 0.25) is 0 Å². The molecule has 2 aromatic heterocycles. The molecule has 106 valence electrons. The van der Waals surface area contributed by atoms with Crippen molar-refractivity contribution in [2.45, 2.75) is 0 Å². The molecular formula is C14H9ClFN3OS. The van der Waals surface area contributed by atoms with Crippen LogP contribution in [0.25, 0.3) is 10.2 Å². The third-order valence-electron chi connectivity index (χ3n) is 2.89. The fourth-order valence-corrected chi connectivity index (χ4v) is 3.02. The molecule has 2 heterocycles. The summed E-state index contributed by atoms with van der Waals surface area (Å²) in [5.41, 5.74) is 6.52. The molecule has 0 radical (unpaired) electrons. The summed E-state index contributed by atoms with van der Waals surface area (Å²) < 4.78 is 13.2. The number of thiophene rings is 1. The average molecular weight is 322 g/mol. The second-order valence-corrected chi connectivity index (χ2v) is 5.69. The summed E-state index contributed by atoms with van der Waals surface area (Å²) in [6.07, 6.45) is 1.63. The fraction of sp³-hybridized carbons (Fsp3) is 0. The number of pyridine rings is 1. The van der Waals surface area contributed by atoms with Crippen LogP contribution in [0.2, 0.25) is 5.02 Å². The molecule has 0 aliphatic heterocycles. The summed E-state index contributed by atoms with van der Waals surface area (Å²) in [5, 5.41) is 3.53. The van der Waals surface area contributed by atoms with Crippen LogP contribution >= 0.6 is 22.9 Å². The van der Waals surface area contributed by atoms with E-state index in [1.807, 2.05) is 0 Å². The Kier molecular flexibility index (Phi) is 3.48. The Balaban J connectivity index is 1.97. The van der Waals surface area contributed by atoms with Crippen LogP contribution < -0.4 is 11.1 Å². The van der Waals surface area contributed by atoms with Gasteiger partial charge in [-0.15, -0.1) is 11.3 Å². The van der Waals surface area contributed by atoms with Gasteiger partial charge in [-0.3, -0.25) is 4.79 Å². The van der Waals surface area contributed by atoms with Crippen LogP contribution in [-0.4, -0.2) is 10.9 Å². The number of hydrogen-bond acceptors (Lipinski definition) is 4. The van der Waals surface area contributed by atoms with Crippen LogP contribution in [0, 0.1) is 5.82 Å². The summed E-state index contributed by atoms with van der Waals surface area (Å²) >= 11 is 7.10. The molecule has 7 heteroatoms. The quantitative estimate of drug-likeness (QED) is 0.751. The van der Waals surface area contributed by atoms with Crippen molar-refractivity contribution >= 4 is 50.4 Å². The zero-order valence-electron chi connectivity index (χ0n) is 10.6. The van der Waals surface area contributed by atoms with E-state index in [0.717, 1.165) is 11.5 Å². The van der Waals surface area contributed by atoms with Gasteiger partial charge in [-0.25, -0.2) is 9.37 Å². The van der Waals surface area contributed by atoms with Crippen LogP contribution in [0.15, 0.2) is 36.5 Å². The monoisotopic (exact) mass is 321 g/mol. The standard InChI is InChI=1S/C14H9ClFN3OS/c15-9-4-3-7(16)6-10(9)19-13(20)12-11(17)8-2-1-5-18-14(8)21-12/h1-6H,17H2,(H,19,20). The van der Waals surface area contributed by atoms with Crippen molar-refractivity contribution in [1.82, 2.24) is 4.98 Å². The highest BCUT2D eigenvalue weighted by molar-refractivity contribution is 7.21. The summed E-state index contributed by atoms with van der Waals surface area (Å²) in [6, 6.07) is 7.29. The first kappa shape index (κ1) is 13.8. The van der Waals surface area contributed by atoms with E-state index < -0.39 is 11.7 Å². The van der Waals surface area contributed by atoms with Crippen molar-refractivity contribution in [3.05, 3.63) is 52.2 Å². The molecule has 0 unspecified atom stereocenters. The number of benzene rings is 1. The molecule has 3 N–H and O–H groups in total. The predicted molar refractivity (Wildman–Crippen MR) is 83.4 cm³/mol. The zero-order chi connectivity index (χ0) is 15.0. The first-order valence-electron chi connectivity index (χ1n) is 5.95. The Labute approximate surface area is 128 Å². The molecule has 3 aromatic rings. The maximum atomic E-state index is 13.2. The van der Waals surface area contributed by atoms with Crippen molar-refractivity contribution in [3.8, 4) is 0 Å². The molecule has 3 rings (SSSR count). The van der Waals surface area contributed by atoms with Crippen LogP contribution in [0.5, 0.6) is 0 Å². The number of hydrogen-bond donors (Lipinski definition) is 2. The molecule has 0 saturated carbocycles. The molecule has 0 aliphatic rings. The van der Waals surface area contributed by atoms with E-state index >= 15 is 0 Å². The number of nitrogen functional groups attached to an aromatic ring is 1. The van der Waals surface area contributed by atoms with Crippen LogP contribution in [0.4, 0.5) is 15.8 Å². The van der Waals surface area contributed by atoms with Crippen LogP contribution in [-0.2, 0) is 0 Å². The molecule has 0 saturated heterocycles. The van der Waals surface area contributed by atoms with Crippen molar-refractivity contribution in [1.29, 1.82) is 0 Å². The summed E-state index contributed by atoms with van der Waals surface area (Å²) in [6.45, 7) is 0. The van der Waals surface area contributed by atoms with E-state index in [1.165, 1.54) is 23.5 Å². The molecule has 4 nitrogen and oxygen atoms in total. The second kappa shape index (κ2) is 5.31. The Morgan fingerprint density at radius 1 is 1.38 bits per heavy atom. The van der Waals surface area contributed by atoms with Gasteiger partial charge in [0.1, 0.15) is 15.5 Å². The van der Waals surface area contributed by atoms with Crippen molar-refractivity contribution in [3.63, 3.8) is 0 Å². The normalized spacial score (nSPS) is 10.8. The number of aromatic nitrogens is 1. The van der Waals surface area contributed by atoms with E-state index in [1.54, 1.807) is 18.3 Å². The Hall–Kier alpha value is -2.18. The Morgan fingerprint density at radius 2 is 2.19 bits per heavy atom. The number of rotatable bonds is 2. The number of nitrogens with two attached hydrogens (primary N) is 1. The molecule has 0 aliphatic carbocycles. The number of nitrogens with one attached hydrogen (secondary N) is 1. The SMILES string of the molecule is Nc1c(C(=O)Nc2cc(F)ccc2Cl)sc2ncccc12. The number of carbonyl (C=O) groups excluding carboxylic acids is 1. The highest BCUT2D eigenvalue weighted by atomic mass is 35.5. The lowest BCUT2D eigenvalue weighted by Gasteiger charge is -2.06. The lowest BCUT2D eigenvalue weighted by molar-refractivity contribution is 0.103. The van der Waals surface area contributed by atoms with E-state index in [-0.39, 0.29) is 10.7 Å². The topological polar surface area (TPSA) is 68.0 Å².